The Hall–Kier alpha value is -0.900. The van der Waals surface area contributed by atoms with E-state index in [9.17, 15) is 0 Å². The smallest absolute Gasteiger partial charge is 0.105 e. The van der Waals surface area contributed by atoms with Crippen LogP contribution in [0.25, 0.3) is 0 Å². The predicted octanol–water partition coefficient (Wildman–Crippen LogP) is 1.91. The second-order valence-corrected chi connectivity index (χ2v) is 3.82. The monoisotopic (exact) mass is 223 g/mol. The Labute approximate surface area is 97.6 Å². The number of hydrogen-bond acceptors (Lipinski definition) is 3. The van der Waals surface area contributed by atoms with Crippen LogP contribution in [0.4, 0.5) is 0 Å². The summed E-state index contributed by atoms with van der Waals surface area (Å²) in [4.78, 5) is 0. The van der Waals surface area contributed by atoms with E-state index in [0.29, 0.717) is 6.61 Å². The average molecular weight is 223 g/mol. The lowest BCUT2D eigenvalue weighted by Gasteiger charge is -2.15. The molecule has 0 radical (unpaired) electrons. The van der Waals surface area contributed by atoms with Crippen LogP contribution in [-0.4, -0.2) is 27.4 Å². The van der Waals surface area contributed by atoms with Crippen molar-refractivity contribution in [3.05, 3.63) is 35.4 Å². The third-order valence-electron chi connectivity index (χ3n) is 2.59. The van der Waals surface area contributed by atoms with Gasteiger partial charge in [0.25, 0.3) is 0 Å². The molecule has 0 aliphatic heterocycles. The molecule has 0 saturated carbocycles. The quantitative estimate of drug-likeness (QED) is 0.768. The van der Waals surface area contributed by atoms with E-state index in [4.69, 9.17) is 15.2 Å². The average Bonchev–Trinajstić information content (AvgIpc) is 2.33. The molecule has 1 rings (SSSR count). The molecule has 1 aromatic rings. The van der Waals surface area contributed by atoms with E-state index in [1.54, 1.807) is 14.2 Å². The number of rotatable bonds is 7. The zero-order chi connectivity index (χ0) is 11.8. The van der Waals surface area contributed by atoms with Gasteiger partial charge in [-0.15, -0.1) is 0 Å². The zero-order valence-electron chi connectivity index (χ0n) is 10.1. The van der Waals surface area contributed by atoms with E-state index < -0.39 is 0 Å². The third-order valence-corrected chi connectivity index (χ3v) is 2.59. The lowest BCUT2D eigenvalue weighted by Crippen LogP contribution is -2.09. The fraction of sp³-hybridized carbons (Fsp3) is 0.538. The Morgan fingerprint density at radius 1 is 1.31 bits per heavy atom. The van der Waals surface area contributed by atoms with Gasteiger partial charge in [0.1, 0.15) is 6.10 Å². The van der Waals surface area contributed by atoms with Crippen molar-refractivity contribution in [3.63, 3.8) is 0 Å². The third kappa shape index (κ3) is 3.93. The molecular weight excluding hydrogens is 202 g/mol. The number of hydrogen-bond donors (Lipinski definition) is 1. The van der Waals surface area contributed by atoms with Gasteiger partial charge in [0.15, 0.2) is 0 Å². The molecule has 2 N–H and O–H groups in total. The Balaban J connectivity index is 2.71. The molecule has 16 heavy (non-hydrogen) atoms. The van der Waals surface area contributed by atoms with E-state index >= 15 is 0 Å². The molecule has 0 bridgehead atoms. The van der Waals surface area contributed by atoms with Gasteiger partial charge in [0.05, 0.1) is 6.61 Å². The summed E-state index contributed by atoms with van der Waals surface area (Å²) in [6.07, 6.45) is 2.06. The van der Waals surface area contributed by atoms with Crippen molar-refractivity contribution >= 4 is 0 Å². The molecule has 1 unspecified atom stereocenters. The Kier molecular flexibility index (Phi) is 6.08. The van der Waals surface area contributed by atoms with Crippen LogP contribution in [0.2, 0.25) is 0 Å². The highest BCUT2D eigenvalue weighted by Gasteiger charge is 2.09. The highest BCUT2D eigenvalue weighted by molar-refractivity contribution is 5.25. The highest BCUT2D eigenvalue weighted by Crippen LogP contribution is 2.18. The van der Waals surface area contributed by atoms with Crippen molar-refractivity contribution in [1.82, 2.24) is 0 Å². The Bertz CT molecular complexity index is 302. The largest absolute Gasteiger partial charge is 0.382 e. The Morgan fingerprint density at radius 2 is 2.12 bits per heavy atom. The molecule has 0 amide bonds. The first-order valence-corrected chi connectivity index (χ1v) is 5.62. The van der Waals surface area contributed by atoms with Gasteiger partial charge >= 0.3 is 0 Å². The second kappa shape index (κ2) is 7.39. The summed E-state index contributed by atoms with van der Waals surface area (Å²) in [5.41, 5.74) is 7.98. The van der Waals surface area contributed by atoms with Gasteiger partial charge in [-0.3, -0.25) is 0 Å². The minimum absolute atomic E-state index is 0.0165. The molecular formula is C13H21NO2. The summed E-state index contributed by atoms with van der Waals surface area (Å²) in [6.45, 7) is 1.31. The van der Waals surface area contributed by atoms with Gasteiger partial charge < -0.3 is 15.2 Å². The fourth-order valence-corrected chi connectivity index (χ4v) is 1.71. The van der Waals surface area contributed by atoms with E-state index in [1.807, 2.05) is 0 Å². The van der Waals surface area contributed by atoms with Gasteiger partial charge in [-0.1, -0.05) is 24.3 Å². The molecule has 0 saturated heterocycles. The maximum atomic E-state index is 5.50. The molecule has 0 aliphatic rings. The summed E-state index contributed by atoms with van der Waals surface area (Å²) >= 11 is 0. The van der Waals surface area contributed by atoms with Crippen LogP contribution in [0.3, 0.4) is 0 Å². The molecule has 0 heterocycles. The van der Waals surface area contributed by atoms with Crippen LogP contribution in [0.5, 0.6) is 0 Å². The molecule has 3 nitrogen and oxygen atoms in total. The van der Waals surface area contributed by atoms with Crippen LogP contribution < -0.4 is 5.73 Å². The summed E-state index contributed by atoms with van der Waals surface area (Å²) in [5.74, 6) is 0. The first-order chi connectivity index (χ1) is 7.81. The molecule has 90 valence electrons. The molecule has 0 fully saturated rings. The van der Waals surface area contributed by atoms with Gasteiger partial charge in [0.2, 0.25) is 0 Å². The Morgan fingerprint density at radius 3 is 2.75 bits per heavy atom. The van der Waals surface area contributed by atoms with Gasteiger partial charge in [-0.05, 0) is 30.5 Å². The van der Waals surface area contributed by atoms with Crippen molar-refractivity contribution in [2.24, 2.45) is 5.73 Å². The van der Waals surface area contributed by atoms with Crippen molar-refractivity contribution in [1.29, 1.82) is 0 Å². The first kappa shape index (κ1) is 13.2. The fourth-order valence-electron chi connectivity index (χ4n) is 1.71. The minimum Gasteiger partial charge on any atom is -0.382 e. The second-order valence-electron chi connectivity index (χ2n) is 3.82. The zero-order valence-corrected chi connectivity index (χ0v) is 10.1. The van der Waals surface area contributed by atoms with Crippen molar-refractivity contribution < 1.29 is 9.47 Å². The molecule has 0 spiro atoms. The van der Waals surface area contributed by atoms with E-state index in [1.165, 1.54) is 11.1 Å². The highest BCUT2D eigenvalue weighted by atomic mass is 16.5. The number of aryl methyl sites for hydroxylation is 1. The number of methoxy groups -OCH3 is 2. The van der Waals surface area contributed by atoms with Crippen molar-refractivity contribution in [3.8, 4) is 0 Å². The minimum atomic E-state index is 0.0165. The normalized spacial score (nSPS) is 12.7. The number of benzene rings is 1. The van der Waals surface area contributed by atoms with Gasteiger partial charge in [-0.25, -0.2) is 0 Å². The van der Waals surface area contributed by atoms with Crippen molar-refractivity contribution in [2.75, 3.05) is 27.4 Å². The van der Waals surface area contributed by atoms with E-state index in [0.717, 1.165) is 19.4 Å². The topological polar surface area (TPSA) is 44.5 Å². The molecule has 1 atom stereocenters. The first-order valence-electron chi connectivity index (χ1n) is 5.62. The van der Waals surface area contributed by atoms with Crippen LogP contribution in [0.1, 0.15) is 23.7 Å². The maximum absolute atomic E-state index is 5.50. The summed E-state index contributed by atoms with van der Waals surface area (Å²) in [5, 5.41) is 0. The van der Waals surface area contributed by atoms with Crippen LogP contribution >= 0.6 is 0 Å². The lowest BCUT2D eigenvalue weighted by atomic mass is 10.0. The summed E-state index contributed by atoms with van der Waals surface area (Å²) < 4.78 is 10.5. The molecule has 1 aromatic carbocycles. The lowest BCUT2D eigenvalue weighted by molar-refractivity contribution is 0.0274. The van der Waals surface area contributed by atoms with Crippen molar-refractivity contribution in [2.45, 2.75) is 18.9 Å². The van der Waals surface area contributed by atoms with Crippen LogP contribution in [0.15, 0.2) is 24.3 Å². The van der Waals surface area contributed by atoms with E-state index in [-0.39, 0.29) is 6.10 Å². The maximum Gasteiger partial charge on any atom is 0.105 e. The van der Waals surface area contributed by atoms with Crippen LogP contribution in [0, 0.1) is 0 Å². The summed E-state index contributed by atoms with van der Waals surface area (Å²) in [6, 6.07) is 8.42. The molecule has 3 heteroatoms. The summed E-state index contributed by atoms with van der Waals surface area (Å²) in [7, 11) is 3.39. The van der Waals surface area contributed by atoms with Gasteiger partial charge in [0, 0.05) is 14.2 Å². The number of nitrogens with two attached hydrogens (primary N) is 1. The van der Waals surface area contributed by atoms with Crippen LogP contribution in [-0.2, 0) is 15.9 Å². The standard InChI is InChI=1S/C13H21NO2/c1-15-10-13(16-2)12-7-3-5-11(9-12)6-4-8-14/h3,5,7,9,13H,4,6,8,10,14H2,1-2H3. The molecule has 0 aromatic heterocycles. The predicted molar refractivity (Wildman–Crippen MR) is 65.4 cm³/mol. The van der Waals surface area contributed by atoms with Gasteiger partial charge in [-0.2, -0.15) is 0 Å². The molecule has 0 aliphatic carbocycles. The van der Waals surface area contributed by atoms with E-state index in [2.05, 4.69) is 24.3 Å². The SMILES string of the molecule is COCC(OC)c1cccc(CCCN)c1. The number of ether oxygens (including phenoxy) is 2.